The number of halogens is 4. The normalized spacial score (nSPS) is 11.1. The number of benzene rings is 1. The summed E-state index contributed by atoms with van der Waals surface area (Å²) in [5.74, 6) is -0.869. The lowest BCUT2D eigenvalue weighted by atomic mass is 10.1. The maximum atomic E-state index is 13.1. The van der Waals surface area contributed by atoms with Crippen molar-refractivity contribution in [1.82, 2.24) is 10.3 Å². The van der Waals surface area contributed by atoms with Gasteiger partial charge in [0.05, 0.1) is 34.8 Å². The molecule has 0 bridgehead atoms. The molecule has 0 saturated heterocycles. The summed E-state index contributed by atoms with van der Waals surface area (Å²) in [6.07, 6.45) is -4.32. The Morgan fingerprint density at radius 1 is 1.28 bits per heavy atom. The average Bonchev–Trinajstić information content (AvgIpc) is 2.71. The quantitative estimate of drug-likeness (QED) is 0.332. The molecule has 1 amide bonds. The highest BCUT2D eigenvalue weighted by Crippen LogP contribution is 2.34. The molecule has 1 heterocycles. The predicted octanol–water partition coefficient (Wildman–Crippen LogP) is 3.94. The van der Waals surface area contributed by atoms with Crippen LogP contribution in [0.3, 0.4) is 0 Å². The van der Waals surface area contributed by atoms with E-state index in [0.29, 0.717) is 0 Å². The Morgan fingerprint density at radius 3 is 2.53 bits per heavy atom. The van der Waals surface area contributed by atoms with Crippen LogP contribution in [0.1, 0.15) is 22.3 Å². The lowest BCUT2D eigenvalue weighted by Crippen LogP contribution is -2.26. The van der Waals surface area contributed by atoms with E-state index in [1.54, 1.807) is 14.1 Å². The Morgan fingerprint density at radius 2 is 1.97 bits per heavy atom. The van der Waals surface area contributed by atoms with Crippen molar-refractivity contribution in [3.8, 4) is 11.6 Å². The van der Waals surface area contributed by atoms with E-state index in [0.717, 1.165) is 18.2 Å². The van der Waals surface area contributed by atoms with E-state index < -0.39 is 28.3 Å². The van der Waals surface area contributed by atoms with Crippen molar-refractivity contribution >= 4 is 29.0 Å². The van der Waals surface area contributed by atoms with E-state index in [2.05, 4.69) is 10.3 Å². The van der Waals surface area contributed by atoms with Crippen molar-refractivity contribution < 1.29 is 32.4 Å². The van der Waals surface area contributed by atoms with Gasteiger partial charge in [0.2, 0.25) is 5.88 Å². The van der Waals surface area contributed by atoms with Crippen molar-refractivity contribution in [2.45, 2.75) is 12.6 Å². The topological polar surface area (TPSA) is 107 Å². The first-order valence-electron chi connectivity index (χ1n) is 9.13. The number of rotatable bonds is 9. The first-order chi connectivity index (χ1) is 14.9. The fourth-order valence-corrected chi connectivity index (χ4v) is 2.77. The maximum absolute atomic E-state index is 13.1. The molecule has 1 aromatic heterocycles. The summed E-state index contributed by atoms with van der Waals surface area (Å²) in [7, 11) is 4.34. The number of nitro groups is 1. The molecule has 0 aliphatic heterocycles. The second kappa shape index (κ2) is 10.4. The Labute approximate surface area is 186 Å². The molecular weight excluding hydrogens is 457 g/mol. The fraction of sp³-hybridized carbons (Fsp3) is 0.368. The molecule has 0 spiro atoms. The van der Waals surface area contributed by atoms with Gasteiger partial charge in [0.25, 0.3) is 5.91 Å². The minimum atomic E-state index is -4.56. The molecule has 32 heavy (non-hydrogen) atoms. The number of amides is 1. The van der Waals surface area contributed by atoms with Gasteiger partial charge in [-0.05, 0) is 12.5 Å². The Hall–Kier alpha value is -3.28. The van der Waals surface area contributed by atoms with Crippen LogP contribution in [-0.2, 0) is 6.18 Å². The molecule has 2 aromatic rings. The lowest BCUT2D eigenvalue weighted by Gasteiger charge is -2.16. The molecule has 13 heteroatoms. The monoisotopic (exact) mass is 476 g/mol. The number of carbonyl (C=O) groups excluding carboxylic acids is 1. The highest BCUT2D eigenvalue weighted by atomic mass is 35.5. The molecule has 174 valence electrons. The highest BCUT2D eigenvalue weighted by molar-refractivity contribution is 6.34. The number of nitrogens with one attached hydrogen (secondary N) is 1. The van der Waals surface area contributed by atoms with Crippen LogP contribution in [0.4, 0.5) is 24.7 Å². The molecule has 1 aromatic carbocycles. The van der Waals surface area contributed by atoms with Gasteiger partial charge in [-0.15, -0.1) is 0 Å². The molecule has 0 unspecified atom stereocenters. The van der Waals surface area contributed by atoms with Crippen LogP contribution in [0.5, 0.6) is 11.6 Å². The van der Waals surface area contributed by atoms with Crippen LogP contribution in [0.2, 0.25) is 5.02 Å². The van der Waals surface area contributed by atoms with Gasteiger partial charge in [-0.25, -0.2) is 0 Å². The molecule has 0 aliphatic carbocycles. The van der Waals surface area contributed by atoms with Crippen LogP contribution in [0.25, 0.3) is 0 Å². The highest BCUT2D eigenvalue weighted by Gasteiger charge is 2.32. The van der Waals surface area contributed by atoms with Crippen LogP contribution in [0.15, 0.2) is 24.3 Å². The molecule has 0 radical (unpaired) electrons. The number of hydrogen-bond acceptors (Lipinski definition) is 7. The summed E-state index contributed by atoms with van der Waals surface area (Å²) in [4.78, 5) is 28.1. The summed E-state index contributed by atoms with van der Waals surface area (Å²) in [5.41, 5.74) is -1.43. The number of carbonyl (C=O) groups is 1. The summed E-state index contributed by atoms with van der Waals surface area (Å²) < 4.78 is 49.3. The first-order valence-corrected chi connectivity index (χ1v) is 9.51. The number of hydrogen-bond donors (Lipinski definition) is 1. The largest absolute Gasteiger partial charge is 0.490 e. The van der Waals surface area contributed by atoms with Gasteiger partial charge < -0.3 is 19.7 Å². The first kappa shape index (κ1) is 25.0. The van der Waals surface area contributed by atoms with Crippen molar-refractivity contribution in [1.29, 1.82) is 0 Å². The molecule has 0 fully saturated rings. The molecule has 0 aliphatic rings. The lowest BCUT2D eigenvalue weighted by molar-refractivity contribution is -0.385. The fourth-order valence-electron chi connectivity index (χ4n) is 2.53. The van der Waals surface area contributed by atoms with Gasteiger partial charge in [-0.3, -0.25) is 14.9 Å². The second-order valence-electron chi connectivity index (χ2n) is 6.66. The van der Waals surface area contributed by atoms with E-state index in [-0.39, 0.29) is 47.6 Å². The zero-order valence-corrected chi connectivity index (χ0v) is 18.1. The smallest absolute Gasteiger partial charge is 0.416 e. The number of anilines is 1. The number of aromatic nitrogens is 1. The summed E-state index contributed by atoms with van der Waals surface area (Å²) in [6.45, 7) is 0.0481. The van der Waals surface area contributed by atoms with E-state index in [1.165, 1.54) is 18.1 Å². The number of pyridine rings is 1. The number of nitrogens with zero attached hydrogens (tertiary/aromatic N) is 3. The predicted molar refractivity (Wildman–Crippen MR) is 111 cm³/mol. The van der Waals surface area contributed by atoms with Crippen LogP contribution in [-0.4, -0.2) is 50.2 Å². The second-order valence-corrected chi connectivity index (χ2v) is 7.07. The third-order valence-electron chi connectivity index (χ3n) is 4.14. The number of methoxy groups -OCH3 is 1. The standard InChI is InChI=1S/C19H20ClF3N4O5/c1-26(2)16-7-11(19(21,22)23)8-17(25-16)32-6-4-5-24-18(28)12-9-14(27(29)30)15(31-3)10-13(12)20/h7-10H,4-6H2,1-3H3,(H,24,28). The van der Waals surface area contributed by atoms with Gasteiger partial charge >= 0.3 is 11.9 Å². The number of ether oxygens (including phenoxy) is 2. The SMILES string of the molecule is COc1cc(Cl)c(C(=O)NCCCOc2cc(C(F)(F)F)cc(N(C)C)n2)cc1[N+](=O)[O-]. The molecule has 0 atom stereocenters. The van der Waals surface area contributed by atoms with E-state index in [9.17, 15) is 28.1 Å². The summed E-state index contributed by atoms with van der Waals surface area (Å²) >= 11 is 6.00. The molecule has 0 saturated carbocycles. The Bertz CT molecular complexity index is 1000. The van der Waals surface area contributed by atoms with Crippen LogP contribution in [0, 0.1) is 10.1 Å². The van der Waals surface area contributed by atoms with Crippen LogP contribution < -0.4 is 19.7 Å². The molecule has 2 rings (SSSR count). The average molecular weight is 477 g/mol. The maximum Gasteiger partial charge on any atom is 0.416 e. The van der Waals surface area contributed by atoms with Crippen molar-refractivity contribution in [3.05, 3.63) is 50.5 Å². The Balaban J connectivity index is 1.97. The third kappa shape index (κ3) is 6.36. The minimum Gasteiger partial charge on any atom is -0.490 e. The third-order valence-corrected chi connectivity index (χ3v) is 4.45. The van der Waals surface area contributed by atoms with Crippen LogP contribution >= 0.6 is 11.6 Å². The molecular formula is C19H20ClF3N4O5. The molecule has 1 N–H and O–H groups in total. The molecule has 9 nitrogen and oxygen atoms in total. The van der Waals surface area contributed by atoms with Gasteiger partial charge in [0, 0.05) is 38.8 Å². The Kier molecular flexibility index (Phi) is 8.08. The summed E-state index contributed by atoms with van der Waals surface area (Å²) in [5, 5.41) is 13.6. The van der Waals surface area contributed by atoms with Gasteiger partial charge in [-0.1, -0.05) is 11.6 Å². The van der Waals surface area contributed by atoms with E-state index in [4.69, 9.17) is 21.1 Å². The zero-order valence-electron chi connectivity index (χ0n) is 17.3. The number of nitro benzene ring substituents is 1. The van der Waals surface area contributed by atoms with Crippen molar-refractivity contribution in [3.63, 3.8) is 0 Å². The van der Waals surface area contributed by atoms with Crippen molar-refractivity contribution in [2.75, 3.05) is 39.3 Å². The van der Waals surface area contributed by atoms with E-state index >= 15 is 0 Å². The summed E-state index contributed by atoms with van der Waals surface area (Å²) in [6, 6.07) is 3.87. The minimum absolute atomic E-state index is 0.0298. The van der Waals surface area contributed by atoms with Gasteiger partial charge in [0.15, 0.2) is 5.75 Å². The van der Waals surface area contributed by atoms with Gasteiger partial charge in [-0.2, -0.15) is 18.2 Å². The van der Waals surface area contributed by atoms with Gasteiger partial charge in [0.1, 0.15) is 5.82 Å². The van der Waals surface area contributed by atoms with Crippen molar-refractivity contribution in [2.24, 2.45) is 0 Å². The number of alkyl halides is 3. The van der Waals surface area contributed by atoms with E-state index in [1.807, 2.05) is 0 Å². The zero-order chi connectivity index (χ0) is 24.1.